The molecule has 1 saturated heterocycles. The van der Waals surface area contributed by atoms with Gasteiger partial charge in [0.2, 0.25) is 5.12 Å². The van der Waals surface area contributed by atoms with Crippen molar-refractivity contribution >= 4 is 32.8 Å². The molecule has 0 bridgehead atoms. The molecule has 19 heavy (non-hydrogen) atoms. The third-order valence-electron chi connectivity index (χ3n) is 2.82. The average molecular weight is 345 g/mol. The van der Waals surface area contributed by atoms with Gasteiger partial charge < -0.3 is 9.47 Å². The van der Waals surface area contributed by atoms with Gasteiger partial charge in [-0.05, 0) is 32.9 Å². The number of carbonyl (C=O) groups is 1. The molecule has 1 aliphatic heterocycles. The van der Waals surface area contributed by atoms with Crippen LogP contribution in [0.15, 0.2) is 29.2 Å². The number of hydrogen-bond donors (Lipinski definition) is 0. The van der Waals surface area contributed by atoms with Gasteiger partial charge in [-0.15, -0.1) is 0 Å². The van der Waals surface area contributed by atoms with Crippen molar-refractivity contribution in [2.24, 2.45) is 0 Å². The lowest BCUT2D eigenvalue weighted by Gasteiger charge is -2.19. The lowest BCUT2D eigenvalue weighted by molar-refractivity contribution is -0.139. The fraction of sp³-hybridized carbons (Fsp3) is 0.500. The summed E-state index contributed by atoms with van der Waals surface area (Å²) in [6, 6.07) is 7.90. The molecular weight excluding hydrogens is 328 g/mol. The van der Waals surface area contributed by atoms with Crippen LogP contribution in [0.25, 0.3) is 0 Å². The van der Waals surface area contributed by atoms with Gasteiger partial charge in [0.05, 0.1) is 6.61 Å². The fourth-order valence-corrected chi connectivity index (χ4v) is 3.10. The minimum Gasteiger partial charge on any atom is -0.348 e. The zero-order valence-corrected chi connectivity index (χ0v) is 13.6. The second-order valence-corrected chi connectivity index (χ2v) is 7.07. The Hall–Kier alpha value is -0.360. The first kappa shape index (κ1) is 15.0. The highest BCUT2D eigenvalue weighted by molar-refractivity contribution is 9.10. The number of alkyl halides is 1. The summed E-state index contributed by atoms with van der Waals surface area (Å²) >= 11 is 4.64. The van der Waals surface area contributed by atoms with Gasteiger partial charge in [0, 0.05) is 4.90 Å². The number of halogens is 1. The zero-order valence-electron chi connectivity index (χ0n) is 11.2. The van der Waals surface area contributed by atoms with Crippen LogP contribution in [0, 0.1) is 6.92 Å². The predicted molar refractivity (Wildman–Crippen MR) is 79.7 cm³/mol. The van der Waals surface area contributed by atoms with Crippen LogP contribution < -0.4 is 0 Å². The summed E-state index contributed by atoms with van der Waals surface area (Å²) in [5.74, 6) is -0.606. The summed E-state index contributed by atoms with van der Waals surface area (Å²) in [6.45, 7) is 6.16. The van der Waals surface area contributed by atoms with E-state index in [0.29, 0.717) is 6.61 Å². The van der Waals surface area contributed by atoms with Gasteiger partial charge in [-0.2, -0.15) is 0 Å². The number of aryl methyl sites for hydroxylation is 1. The van der Waals surface area contributed by atoms with Crippen molar-refractivity contribution in [3.05, 3.63) is 29.8 Å². The van der Waals surface area contributed by atoms with Gasteiger partial charge in [0.15, 0.2) is 5.79 Å². The fourth-order valence-electron chi connectivity index (χ4n) is 1.79. The second kappa shape index (κ2) is 5.95. The van der Waals surface area contributed by atoms with Crippen molar-refractivity contribution in [2.75, 3.05) is 6.61 Å². The van der Waals surface area contributed by atoms with Crippen molar-refractivity contribution in [3.63, 3.8) is 0 Å². The van der Waals surface area contributed by atoms with E-state index in [9.17, 15) is 4.79 Å². The molecule has 0 aromatic heterocycles. The van der Waals surface area contributed by atoms with Crippen LogP contribution in [0.5, 0.6) is 0 Å². The molecule has 0 radical (unpaired) electrons. The minimum atomic E-state index is -0.606. The van der Waals surface area contributed by atoms with Crippen LogP contribution in [-0.2, 0) is 14.3 Å². The first-order valence-electron chi connectivity index (χ1n) is 6.11. The van der Waals surface area contributed by atoms with Crippen LogP contribution in [0.1, 0.15) is 19.4 Å². The van der Waals surface area contributed by atoms with E-state index in [2.05, 4.69) is 15.9 Å². The molecule has 1 fully saturated rings. The second-order valence-electron chi connectivity index (χ2n) is 5.00. The van der Waals surface area contributed by atoms with Gasteiger partial charge in [0.1, 0.15) is 10.9 Å². The van der Waals surface area contributed by atoms with Crippen molar-refractivity contribution in [2.45, 2.75) is 42.4 Å². The molecule has 0 N–H and O–H groups in total. The molecule has 2 atom stereocenters. The minimum absolute atomic E-state index is 0.0372. The molecule has 3 nitrogen and oxygen atoms in total. The molecular formula is C14H17BrO3S. The number of benzene rings is 1. The molecule has 104 valence electrons. The quantitative estimate of drug-likeness (QED) is 0.620. The van der Waals surface area contributed by atoms with Gasteiger partial charge in [-0.3, -0.25) is 4.79 Å². The third kappa shape index (κ3) is 4.05. The normalized spacial score (nSPS) is 23.3. The van der Waals surface area contributed by atoms with E-state index >= 15 is 0 Å². The largest absolute Gasteiger partial charge is 0.348 e. The van der Waals surface area contributed by atoms with E-state index in [-0.39, 0.29) is 16.0 Å². The van der Waals surface area contributed by atoms with Gasteiger partial charge in [-0.25, -0.2) is 0 Å². The van der Waals surface area contributed by atoms with E-state index in [0.717, 1.165) is 4.90 Å². The van der Waals surface area contributed by atoms with Crippen molar-refractivity contribution in [1.29, 1.82) is 0 Å². The highest BCUT2D eigenvalue weighted by Crippen LogP contribution is 2.31. The molecule has 1 heterocycles. The Bertz CT molecular complexity index is 458. The summed E-state index contributed by atoms with van der Waals surface area (Å²) in [5.41, 5.74) is 1.18. The lowest BCUT2D eigenvalue weighted by atomic mass is 10.2. The number of carbonyl (C=O) groups excluding carboxylic acids is 1. The molecule has 0 amide bonds. The van der Waals surface area contributed by atoms with Crippen molar-refractivity contribution in [1.82, 2.24) is 0 Å². The molecule has 1 aliphatic rings. The molecule has 0 spiro atoms. The third-order valence-corrected chi connectivity index (χ3v) is 5.09. The van der Waals surface area contributed by atoms with Crippen LogP contribution in [0.2, 0.25) is 0 Å². The molecule has 5 heteroatoms. The monoisotopic (exact) mass is 344 g/mol. The molecule has 2 rings (SSSR count). The van der Waals surface area contributed by atoms with Gasteiger partial charge in [0.25, 0.3) is 0 Å². The maximum absolute atomic E-state index is 12.2. The van der Waals surface area contributed by atoms with Crippen molar-refractivity contribution < 1.29 is 14.3 Å². The smallest absolute Gasteiger partial charge is 0.210 e. The van der Waals surface area contributed by atoms with Gasteiger partial charge >= 0.3 is 0 Å². The highest BCUT2D eigenvalue weighted by Gasteiger charge is 2.39. The molecule has 1 aromatic carbocycles. The number of ether oxygens (including phenoxy) is 2. The maximum atomic E-state index is 12.2. The average Bonchev–Trinajstić information content (AvgIpc) is 2.71. The zero-order chi connectivity index (χ0) is 14.0. The first-order chi connectivity index (χ1) is 8.87. The van der Waals surface area contributed by atoms with Crippen LogP contribution in [0.4, 0.5) is 0 Å². The van der Waals surface area contributed by atoms with E-state index in [1.165, 1.54) is 17.3 Å². The summed E-state index contributed by atoms with van der Waals surface area (Å²) in [5, 5.41) is 0.0372. The van der Waals surface area contributed by atoms with Gasteiger partial charge in [-0.1, -0.05) is 45.4 Å². The molecule has 0 aliphatic carbocycles. The Balaban J connectivity index is 1.94. The Morgan fingerprint density at radius 1 is 1.42 bits per heavy atom. The Morgan fingerprint density at radius 3 is 2.58 bits per heavy atom. The van der Waals surface area contributed by atoms with Crippen molar-refractivity contribution in [3.8, 4) is 0 Å². The lowest BCUT2D eigenvalue weighted by Crippen LogP contribution is -2.31. The predicted octanol–water partition coefficient (Wildman–Crippen LogP) is 3.53. The van der Waals surface area contributed by atoms with Crippen LogP contribution in [0.3, 0.4) is 0 Å². The highest BCUT2D eigenvalue weighted by atomic mass is 79.9. The van der Waals surface area contributed by atoms with Crippen LogP contribution in [-0.4, -0.2) is 28.4 Å². The maximum Gasteiger partial charge on any atom is 0.210 e. The molecule has 0 saturated carbocycles. The van der Waals surface area contributed by atoms with Crippen LogP contribution >= 0.6 is 27.7 Å². The summed E-state index contributed by atoms with van der Waals surface area (Å²) in [6.07, 6.45) is -0.236. The number of thioether (sulfide) groups is 1. The number of hydrogen-bond acceptors (Lipinski definition) is 4. The Morgan fingerprint density at radius 2 is 2.05 bits per heavy atom. The van der Waals surface area contributed by atoms with E-state index in [1.54, 1.807) is 0 Å². The van der Waals surface area contributed by atoms with E-state index in [1.807, 2.05) is 45.0 Å². The van der Waals surface area contributed by atoms with E-state index < -0.39 is 5.79 Å². The Labute approximate surface area is 126 Å². The summed E-state index contributed by atoms with van der Waals surface area (Å²) in [7, 11) is 0. The molecule has 0 unspecified atom stereocenters. The summed E-state index contributed by atoms with van der Waals surface area (Å²) in [4.78, 5) is 12.8. The topological polar surface area (TPSA) is 35.5 Å². The summed E-state index contributed by atoms with van der Waals surface area (Å²) < 4.78 is 11.2. The molecule has 1 aromatic rings. The number of rotatable bonds is 3. The first-order valence-corrected chi connectivity index (χ1v) is 7.85. The SMILES string of the molecule is Cc1ccc(SC(=O)[C@H](Br)[C@H]2COC(C)(C)O2)cc1. The standard InChI is InChI=1S/C14H17BrO3S/c1-9-4-6-10(7-5-9)19-13(16)12(15)11-8-17-14(2,3)18-11/h4-7,11-12H,8H2,1-3H3/t11-,12-/m1/s1. The Kier molecular flexibility index (Phi) is 4.71. The van der Waals surface area contributed by atoms with E-state index in [4.69, 9.17) is 9.47 Å².